The van der Waals surface area contributed by atoms with Crippen LogP contribution in [0.4, 0.5) is 0 Å². The molecular weight excluding hydrogens is 152 g/mol. The molecule has 2 aliphatic carbocycles. The second-order valence-electron chi connectivity index (χ2n) is 4.13. The van der Waals surface area contributed by atoms with E-state index in [0.29, 0.717) is 30.8 Å². The monoisotopic (exact) mass is 166 g/mol. The molecule has 66 valence electrons. The van der Waals surface area contributed by atoms with Crippen LogP contribution in [0.3, 0.4) is 0 Å². The molecule has 0 aliphatic heterocycles. The third-order valence-electron chi connectivity index (χ3n) is 3.30. The van der Waals surface area contributed by atoms with Gasteiger partial charge in [0.15, 0.2) is 0 Å². The lowest BCUT2D eigenvalue weighted by atomic mass is 9.72. The molecule has 0 bridgehead atoms. The highest BCUT2D eigenvalue weighted by Gasteiger charge is 2.44. The molecule has 0 heterocycles. The van der Waals surface area contributed by atoms with Gasteiger partial charge in [-0.15, -0.1) is 0 Å². The van der Waals surface area contributed by atoms with Crippen molar-refractivity contribution in [2.24, 2.45) is 5.41 Å². The fourth-order valence-corrected chi connectivity index (χ4v) is 2.62. The van der Waals surface area contributed by atoms with Crippen molar-refractivity contribution in [3.8, 4) is 0 Å². The molecule has 2 fully saturated rings. The highest BCUT2D eigenvalue weighted by Crippen LogP contribution is 2.45. The number of carbonyl (C=O) groups is 2. The lowest BCUT2D eigenvalue weighted by molar-refractivity contribution is -0.134. The second kappa shape index (κ2) is 2.68. The molecule has 1 atom stereocenters. The van der Waals surface area contributed by atoms with E-state index in [9.17, 15) is 9.59 Å². The zero-order chi connectivity index (χ0) is 8.60. The first-order chi connectivity index (χ1) is 5.73. The molecule has 2 nitrogen and oxygen atoms in total. The first-order valence-corrected chi connectivity index (χ1v) is 4.78. The fourth-order valence-electron chi connectivity index (χ4n) is 2.62. The standard InChI is InChI=1S/C10H14O2/c11-8-3-1-5-10(7-8)6-2-4-9(10)12/h1-7H2/t10-/m1/s1. The van der Waals surface area contributed by atoms with E-state index in [-0.39, 0.29) is 5.41 Å². The Balaban J connectivity index is 2.18. The van der Waals surface area contributed by atoms with Gasteiger partial charge in [0, 0.05) is 24.7 Å². The van der Waals surface area contributed by atoms with E-state index in [1.54, 1.807) is 0 Å². The molecule has 12 heavy (non-hydrogen) atoms. The van der Waals surface area contributed by atoms with Crippen LogP contribution in [0.25, 0.3) is 0 Å². The Morgan fingerprint density at radius 1 is 1.00 bits per heavy atom. The number of rotatable bonds is 0. The molecule has 1 spiro atoms. The zero-order valence-electron chi connectivity index (χ0n) is 7.27. The molecule has 0 radical (unpaired) electrons. The van der Waals surface area contributed by atoms with Gasteiger partial charge in [0.1, 0.15) is 11.6 Å². The average molecular weight is 166 g/mol. The Morgan fingerprint density at radius 3 is 2.25 bits per heavy atom. The van der Waals surface area contributed by atoms with Crippen LogP contribution >= 0.6 is 0 Å². The molecule has 0 unspecified atom stereocenters. The van der Waals surface area contributed by atoms with Crippen molar-refractivity contribution >= 4 is 11.6 Å². The largest absolute Gasteiger partial charge is 0.300 e. The Morgan fingerprint density at radius 2 is 1.67 bits per heavy atom. The van der Waals surface area contributed by atoms with E-state index in [2.05, 4.69) is 0 Å². The summed E-state index contributed by atoms with van der Waals surface area (Å²) in [5.41, 5.74) is -0.185. The van der Waals surface area contributed by atoms with Gasteiger partial charge in [0.25, 0.3) is 0 Å². The van der Waals surface area contributed by atoms with Crippen LogP contribution in [0, 0.1) is 5.41 Å². The van der Waals surface area contributed by atoms with Crippen LogP contribution in [-0.4, -0.2) is 11.6 Å². The van der Waals surface area contributed by atoms with Crippen molar-refractivity contribution in [2.75, 3.05) is 0 Å². The first kappa shape index (κ1) is 7.96. The average Bonchev–Trinajstić information content (AvgIpc) is 2.33. The van der Waals surface area contributed by atoms with Gasteiger partial charge in [-0.2, -0.15) is 0 Å². The van der Waals surface area contributed by atoms with Crippen molar-refractivity contribution in [2.45, 2.75) is 44.9 Å². The van der Waals surface area contributed by atoms with Crippen molar-refractivity contribution in [3.63, 3.8) is 0 Å². The lowest BCUT2D eigenvalue weighted by Crippen LogP contribution is -2.32. The van der Waals surface area contributed by atoms with Crippen LogP contribution < -0.4 is 0 Å². The minimum Gasteiger partial charge on any atom is -0.300 e. The summed E-state index contributed by atoms with van der Waals surface area (Å²) in [6, 6.07) is 0. The van der Waals surface area contributed by atoms with E-state index in [1.807, 2.05) is 0 Å². The fraction of sp³-hybridized carbons (Fsp3) is 0.800. The van der Waals surface area contributed by atoms with E-state index in [0.717, 1.165) is 25.7 Å². The normalized spacial score (nSPS) is 36.3. The van der Waals surface area contributed by atoms with Crippen LogP contribution in [0.5, 0.6) is 0 Å². The van der Waals surface area contributed by atoms with E-state index < -0.39 is 0 Å². The molecule has 2 heteroatoms. The number of carbonyl (C=O) groups excluding carboxylic acids is 2. The summed E-state index contributed by atoms with van der Waals surface area (Å²) in [5, 5.41) is 0. The maximum absolute atomic E-state index is 11.5. The summed E-state index contributed by atoms with van der Waals surface area (Å²) in [7, 11) is 0. The van der Waals surface area contributed by atoms with Gasteiger partial charge < -0.3 is 0 Å². The van der Waals surface area contributed by atoms with Gasteiger partial charge in [0.2, 0.25) is 0 Å². The maximum Gasteiger partial charge on any atom is 0.139 e. The molecule has 0 aromatic rings. The Hall–Kier alpha value is -0.660. The van der Waals surface area contributed by atoms with E-state index in [4.69, 9.17) is 0 Å². The summed E-state index contributed by atoms with van der Waals surface area (Å²) in [6.45, 7) is 0. The summed E-state index contributed by atoms with van der Waals surface area (Å²) >= 11 is 0. The number of hydrogen-bond donors (Lipinski definition) is 0. The molecule has 2 rings (SSSR count). The van der Waals surface area contributed by atoms with Crippen molar-refractivity contribution in [3.05, 3.63) is 0 Å². The van der Waals surface area contributed by atoms with Gasteiger partial charge in [-0.05, 0) is 25.7 Å². The minimum atomic E-state index is -0.185. The molecule has 0 N–H and O–H groups in total. The topological polar surface area (TPSA) is 34.1 Å². The predicted molar refractivity (Wildman–Crippen MR) is 44.8 cm³/mol. The third kappa shape index (κ3) is 1.10. The van der Waals surface area contributed by atoms with Gasteiger partial charge in [-0.3, -0.25) is 9.59 Å². The molecule has 0 aromatic carbocycles. The Labute approximate surface area is 72.3 Å². The van der Waals surface area contributed by atoms with Crippen molar-refractivity contribution < 1.29 is 9.59 Å². The Bertz CT molecular complexity index is 232. The van der Waals surface area contributed by atoms with Gasteiger partial charge in [-0.25, -0.2) is 0 Å². The smallest absolute Gasteiger partial charge is 0.139 e. The Kier molecular flexibility index (Phi) is 1.78. The maximum atomic E-state index is 11.5. The van der Waals surface area contributed by atoms with Crippen molar-refractivity contribution in [1.29, 1.82) is 0 Å². The minimum absolute atomic E-state index is 0.185. The summed E-state index contributed by atoms with van der Waals surface area (Å²) < 4.78 is 0. The quantitative estimate of drug-likeness (QED) is 0.550. The lowest BCUT2D eigenvalue weighted by Gasteiger charge is -2.30. The van der Waals surface area contributed by atoms with Crippen LogP contribution in [0.15, 0.2) is 0 Å². The van der Waals surface area contributed by atoms with E-state index >= 15 is 0 Å². The van der Waals surface area contributed by atoms with Crippen LogP contribution in [0.1, 0.15) is 44.9 Å². The first-order valence-electron chi connectivity index (χ1n) is 4.78. The van der Waals surface area contributed by atoms with Gasteiger partial charge >= 0.3 is 0 Å². The van der Waals surface area contributed by atoms with Crippen LogP contribution in [0.2, 0.25) is 0 Å². The summed E-state index contributed by atoms with van der Waals surface area (Å²) in [6.07, 6.45) is 5.85. The van der Waals surface area contributed by atoms with Crippen LogP contribution in [-0.2, 0) is 9.59 Å². The molecule has 0 amide bonds. The number of hydrogen-bond acceptors (Lipinski definition) is 2. The second-order valence-corrected chi connectivity index (χ2v) is 4.13. The molecular formula is C10H14O2. The predicted octanol–water partition coefficient (Wildman–Crippen LogP) is 1.87. The molecule has 0 aromatic heterocycles. The highest BCUT2D eigenvalue weighted by atomic mass is 16.1. The molecule has 0 saturated heterocycles. The van der Waals surface area contributed by atoms with Crippen molar-refractivity contribution in [1.82, 2.24) is 0 Å². The SMILES string of the molecule is O=C1CCC[C@@]2(CCCC2=O)C1. The third-order valence-corrected chi connectivity index (χ3v) is 3.30. The van der Waals surface area contributed by atoms with Gasteiger partial charge in [-0.1, -0.05) is 0 Å². The summed E-state index contributed by atoms with van der Waals surface area (Å²) in [5.74, 6) is 0.659. The summed E-state index contributed by atoms with van der Waals surface area (Å²) in [4.78, 5) is 22.8. The van der Waals surface area contributed by atoms with Gasteiger partial charge in [0.05, 0.1) is 0 Å². The van der Waals surface area contributed by atoms with E-state index in [1.165, 1.54) is 0 Å². The number of Topliss-reactive ketones (excluding diaryl/α,β-unsaturated/α-hetero) is 2. The molecule has 2 saturated carbocycles. The number of ketones is 2. The highest BCUT2D eigenvalue weighted by molar-refractivity contribution is 5.93. The molecule has 2 aliphatic rings. The zero-order valence-corrected chi connectivity index (χ0v) is 7.27.